The highest BCUT2D eigenvalue weighted by Gasteiger charge is 2.19. The van der Waals surface area contributed by atoms with Crippen LogP contribution in [0, 0.1) is 12.7 Å². The lowest BCUT2D eigenvalue weighted by Gasteiger charge is -2.27. The standard InChI is InChI=1S/C15H20FNO3/c1-10(2)17(6-4-5-14(18)19)15(20)12-7-11(3)8-13(16)9-12/h7-10H,4-6H2,1-3H3,(H,18,19). The zero-order valence-corrected chi connectivity index (χ0v) is 12.0. The zero-order valence-electron chi connectivity index (χ0n) is 12.0. The Morgan fingerprint density at radius 2 is 1.95 bits per heavy atom. The summed E-state index contributed by atoms with van der Waals surface area (Å²) in [6.07, 6.45) is 0.395. The Bertz CT molecular complexity index is 480. The van der Waals surface area contributed by atoms with Crippen molar-refractivity contribution in [2.45, 2.75) is 39.7 Å². The highest BCUT2D eigenvalue weighted by molar-refractivity contribution is 5.94. The third-order valence-corrected chi connectivity index (χ3v) is 2.96. The minimum absolute atomic E-state index is 0.0126. The molecule has 0 aromatic heterocycles. The maximum absolute atomic E-state index is 13.4. The fraction of sp³-hybridized carbons (Fsp3) is 0.467. The number of benzene rings is 1. The molecule has 20 heavy (non-hydrogen) atoms. The normalized spacial score (nSPS) is 10.7. The minimum Gasteiger partial charge on any atom is -0.481 e. The molecular weight excluding hydrogens is 261 g/mol. The molecule has 1 aromatic rings. The van der Waals surface area contributed by atoms with Gasteiger partial charge in [-0.1, -0.05) is 0 Å². The average molecular weight is 281 g/mol. The highest BCUT2D eigenvalue weighted by Crippen LogP contribution is 2.14. The fourth-order valence-corrected chi connectivity index (χ4v) is 2.02. The van der Waals surface area contributed by atoms with E-state index in [9.17, 15) is 14.0 Å². The summed E-state index contributed by atoms with van der Waals surface area (Å²) < 4.78 is 13.4. The van der Waals surface area contributed by atoms with E-state index in [-0.39, 0.29) is 18.4 Å². The number of amides is 1. The molecule has 0 aliphatic carbocycles. The number of aliphatic carboxylic acids is 1. The minimum atomic E-state index is -0.886. The molecule has 1 N–H and O–H groups in total. The van der Waals surface area contributed by atoms with E-state index in [1.807, 2.05) is 13.8 Å². The molecule has 0 radical (unpaired) electrons. The van der Waals surface area contributed by atoms with Crippen LogP contribution in [0.3, 0.4) is 0 Å². The first-order chi connectivity index (χ1) is 9.31. The van der Waals surface area contributed by atoms with Crippen LogP contribution >= 0.6 is 0 Å². The average Bonchev–Trinajstić information content (AvgIpc) is 2.31. The van der Waals surface area contributed by atoms with Crippen LogP contribution in [-0.4, -0.2) is 34.5 Å². The van der Waals surface area contributed by atoms with Gasteiger partial charge < -0.3 is 10.0 Å². The quantitative estimate of drug-likeness (QED) is 0.872. The van der Waals surface area contributed by atoms with Gasteiger partial charge in [-0.3, -0.25) is 9.59 Å². The number of rotatable bonds is 6. The SMILES string of the molecule is Cc1cc(F)cc(C(=O)N(CCCC(=O)O)C(C)C)c1. The van der Waals surface area contributed by atoms with Crippen LogP contribution in [0.2, 0.25) is 0 Å². The van der Waals surface area contributed by atoms with Gasteiger partial charge in [-0.15, -0.1) is 0 Å². The van der Waals surface area contributed by atoms with E-state index in [0.717, 1.165) is 0 Å². The third-order valence-electron chi connectivity index (χ3n) is 2.96. The Labute approximate surface area is 118 Å². The van der Waals surface area contributed by atoms with Crippen LogP contribution in [0.5, 0.6) is 0 Å². The molecule has 0 bridgehead atoms. The van der Waals surface area contributed by atoms with Gasteiger partial charge in [0.1, 0.15) is 5.82 Å². The Balaban J connectivity index is 2.85. The van der Waals surface area contributed by atoms with Crippen molar-refractivity contribution in [2.24, 2.45) is 0 Å². The van der Waals surface area contributed by atoms with Crippen molar-refractivity contribution in [2.75, 3.05) is 6.54 Å². The molecule has 0 fully saturated rings. The number of hydrogen-bond donors (Lipinski definition) is 1. The Kier molecular flexibility index (Phi) is 5.67. The van der Waals surface area contributed by atoms with E-state index in [1.165, 1.54) is 12.1 Å². The van der Waals surface area contributed by atoms with Gasteiger partial charge in [-0.25, -0.2) is 4.39 Å². The van der Waals surface area contributed by atoms with E-state index in [4.69, 9.17) is 5.11 Å². The van der Waals surface area contributed by atoms with Crippen molar-refractivity contribution in [1.29, 1.82) is 0 Å². The summed E-state index contributed by atoms with van der Waals surface area (Å²) in [5, 5.41) is 8.64. The van der Waals surface area contributed by atoms with Gasteiger partial charge in [0.2, 0.25) is 0 Å². The fourth-order valence-electron chi connectivity index (χ4n) is 2.02. The lowest BCUT2D eigenvalue weighted by Crippen LogP contribution is -2.38. The van der Waals surface area contributed by atoms with Crippen LogP contribution < -0.4 is 0 Å². The van der Waals surface area contributed by atoms with Gasteiger partial charge in [0.15, 0.2) is 0 Å². The summed E-state index contributed by atoms with van der Waals surface area (Å²) in [4.78, 5) is 24.5. The third kappa shape index (κ3) is 4.64. The molecule has 110 valence electrons. The molecule has 1 rings (SSSR count). The van der Waals surface area contributed by atoms with E-state index in [1.54, 1.807) is 17.9 Å². The number of carboxylic acid groups (broad SMARTS) is 1. The molecule has 0 aliphatic heterocycles. The topological polar surface area (TPSA) is 57.6 Å². The molecule has 5 heteroatoms. The highest BCUT2D eigenvalue weighted by atomic mass is 19.1. The predicted molar refractivity (Wildman–Crippen MR) is 74.2 cm³/mol. The van der Waals surface area contributed by atoms with Gasteiger partial charge >= 0.3 is 5.97 Å². The van der Waals surface area contributed by atoms with Crippen LogP contribution in [0.25, 0.3) is 0 Å². The number of carboxylic acids is 1. The number of carbonyl (C=O) groups excluding carboxylic acids is 1. The molecule has 0 atom stereocenters. The van der Waals surface area contributed by atoms with Crippen molar-refractivity contribution >= 4 is 11.9 Å². The molecule has 0 unspecified atom stereocenters. The number of nitrogens with zero attached hydrogens (tertiary/aromatic N) is 1. The maximum Gasteiger partial charge on any atom is 0.303 e. The van der Waals surface area contributed by atoms with E-state index in [0.29, 0.717) is 24.1 Å². The molecule has 0 spiro atoms. The van der Waals surface area contributed by atoms with Crippen molar-refractivity contribution in [3.05, 3.63) is 35.1 Å². The number of carbonyl (C=O) groups is 2. The van der Waals surface area contributed by atoms with Crippen LogP contribution in [-0.2, 0) is 4.79 Å². The molecule has 0 saturated carbocycles. The molecule has 1 aromatic carbocycles. The summed E-state index contributed by atoms with van der Waals surface area (Å²) in [7, 11) is 0. The second-order valence-corrected chi connectivity index (χ2v) is 5.11. The number of hydrogen-bond acceptors (Lipinski definition) is 2. The molecule has 0 heterocycles. The predicted octanol–water partition coefficient (Wildman–Crippen LogP) is 2.85. The Morgan fingerprint density at radius 1 is 1.30 bits per heavy atom. The van der Waals surface area contributed by atoms with Crippen molar-refractivity contribution in [3.63, 3.8) is 0 Å². The van der Waals surface area contributed by atoms with E-state index < -0.39 is 11.8 Å². The molecule has 1 amide bonds. The van der Waals surface area contributed by atoms with E-state index in [2.05, 4.69) is 0 Å². The van der Waals surface area contributed by atoms with Gasteiger partial charge in [0.25, 0.3) is 5.91 Å². The first-order valence-corrected chi connectivity index (χ1v) is 6.61. The maximum atomic E-state index is 13.4. The molecule has 4 nitrogen and oxygen atoms in total. The number of halogens is 1. The lowest BCUT2D eigenvalue weighted by molar-refractivity contribution is -0.137. The van der Waals surface area contributed by atoms with E-state index >= 15 is 0 Å². The Hall–Kier alpha value is -1.91. The van der Waals surface area contributed by atoms with Crippen LogP contribution in [0.15, 0.2) is 18.2 Å². The second-order valence-electron chi connectivity index (χ2n) is 5.11. The van der Waals surface area contributed by atoms with Gasteiger partial charge in [-0.2, -0.15) is 0 Å². The van der Waals surface area contributed by atoms with Crippen LogP contribution in [0.4, 0.5) is 4.39 Å². The smallest absolute Gasteiger partial charge is 0.303 e. The van der Waals surface area contributed by atoms with Crippen LogP contribution in [0.1, 0.15) is 42.6 Å². The monoisotopic (exact) mass is 281 g/mol. The van der Waals surface area contributed by atoms with Gasteiger partial charge in [0.05, 0.1) is 0 Å². The summed E-state index contributed by atoms with van der Waals surface area (Å²) in [5.41, 5.74) is 0.981. The Morgan fingerprint density at radius 3 is 2.45 bits per heavy atom. The number of aryl methyl sites for hydroxylation is 1. The molecule has 0 aliphatic rings. The first kappa shape index (κ1) is 16.1. The largest absolute Gasteiger partial charge is 0.481 e. The van der Waals surface area contributed by atoms with Crippen molar-refractivity contribution in [1.82, 2.24) is 4.90 Å². The van der Waals surface area contributed by atoms with Crippen molar-refractivity contribution < 1.29 is 19.1 Å². The molecule has 0 saturated heterocycles. The summed E-state index contributed by atoms with van der Waals surface area (Å²) in [6.45, 7) is 5.78. The van der Waals surface area contributed by atoms with Gasteiger partial charge in [-0.05, 0) is 51.0 Å². The van der Waals surface area contributed by atoms with Gasteiger partial charge in [0, 0.05) is 24.6 Å². The summed E-state index contributed by atoms with van der Waals surface area (Å²) in [5.74, 6) is -1.60. The lowest BCUT2D eigenvalue weighted by atomic mass is 10.1. The summed E-state index contributed by atoms with van der Waals surface area (Å²) >= 11 is 0. The summed E-state index contributed by atoms with van der Waals surface area (Å²) in [6, 6.07) is 4.14. The second kappa shape index (κ2) is 7.03. The molecular formula is C15H20FNO3. The first-order valence-electron chi connectivity index (χ1n) is 6.61. The van der Waals surface area contributed by atoms with Crippen molar-refractivity contribution in [3.8, 4) is 0 Å². The zero-order chi connectivity index (χ0) is 15.3.